The van der Waals surface area contributed by atoms with Gasteiger partial charge in [-0.3, -0.25) is 0 Å². The topological polar surface area (TPSA) is 55.6 Å². The highest BCUT2D eigenvalue weighted by atomic mass is 15.2. The van der Waals surface area contributed by atoms with E-state index in [1.165, 1.54) is 0 Å². The summed E-state index contributed by atoms with van der Waals surface area (Å²) in [6.45, 7) is 7.21. The van der Waals surface area contributed by atoms with Crippen LogP contribution in [-0.4, -0.2) is 26.8 Å². The molecule has 18 heavy (non-hydrogen) atoms. The van der Waals surface area contributed by atoms with E-state index >= 15 is 0 Å². The first-order chi connectivity index (χ1) is 8.69. The summed E-state index contributed by atoms with van der Waals surface area (Å²) in [5.41, 5.74) is 3.11. The molecule has 0 saturated heterocycles. The molecule has 0 bridgehead atoms. The van der Waals surface area contributed by atoms with Crippen molar-refractivity contribution in [1.82, 2.24) is 19.7 Å². The summed E-state index contributed by atoms with van der Waals surface area (Å²) in [6, 6.07) is 0. The largest absolute Gasteiger partial charge is 0.371 e. The molecular formula is C13H19N5. The summed E-state index contributed by atoms with van der Waals surface area (Å²) < 4.78 is 2.12. The molecule has 5 nitrogen and oxygen atoms in total. The number of aryl methyl sites for hydroxylation is 1. The first-order valence-electron chi connectivity index (χ1n) is 6.22. The number of aromatic nitrogens is 4. The van der Waals surface area contributed by atoms with Crippen LogP contribution in [0.4, 0.5) is 5.82 Å². The Morgan fingerprint density at radius 1 is 1.22 bits per heavy atom. The standard InChI is InChI=1S/C13H19N5/c1-5-7-18-8-6-15-13(18)11-9(2)10(3)12(14-4)17-16-11/h6,8H,5,7H2,1-4H3,(H,14,17). The lowest BCUT2D eigenvalue weighted by molar-refractivity contribution is 0.682. The van der Waals surface area contributed by atoms with Crippen molar-refractivity contribution >= 4 is 5.82 Å². The lowest BCUT2D eigenvalue weighted by Crippen LogP contribution is -2.06. The minimum absolute atomic E-state index is 0.824. The van der Waals surface area contributed by atoms with Crippen LogP contribution in [0.25, 0.3) is 11.5 Å². The Balaban J connectivity index is 2.51. The molecule has 0 aliphatic rings. The zero-order chi connectivity index (χ0) is 13.1. The number of imidazole rings is 1. The van der Waals surface area contributed by atoms with Crippen LogP contribution in [-0.2, 0) is 6.54 Å². The van der Waals surface area contributed by atoms with Crippen LogP contribution >= 0.6 is 0 Å². The van der Waals surface area contributed by atoms with E-state index in [0.717, 1.165) is 41.4 Å². The number of nitrogens with one attached hydrogen (secondary N) is 1. The number of anilines is 1. The fraction of sp³-hybridized carbons (Fsp3) is 0.462. The van der Waals surface area contributed by atoms with Crippen molar-refractivity contribution < 1.29 is 0 Å². The van der Waals surface area contributed by atoms with Gasteiger partial charge in [-0.1, -0.05) is 6.92 Å². The molecule has 0 aromatic carbocycles. The molecule has 2 heterocycles. The molecule has 0 fully saturated rings. The summed E-state index contributed by atoms with van der Waals surface area (Å²) in [5, 5.41) is 11.5. The second kappa shape index (κ2) is 5.16. The molecule has 0 amide bonds. The number of hydrogen-bond donors (Lipinski definition) is 1. The molecule has 0 atom stereocenters. The third kappa shape index (κ3) is 2.08. The zero-order valence-corrected chi connectivity index (χ0v) is 11.4. The Hall–Kier alpha value is -1.91. The molecule has 96 valence electrons. The second-order valence-electron chi connectivity index (χ2n) is 4.34. The highest BCUT2D eigenvalue weighted by Crippen LogP contribution is 2.24. The summed E-state index contributed by atoms with van der Waals surface area (Å²) in [5.74, 6) is 1.72. The average molecular weight is 245 g/mol. The van der Waals surface area contributed by atoms with Crippen molar-refractivity contribution in [3.8, 4) is 11.5 Å². The Labute approximate surface area is 107 Å². The van der Waals surface area contributed by atoms with Gasteiger partial charge in [0.05, 0.1) is 0 Å². The van der Waals surface area contributed by atoms with Crippen LogP contribution < -0.4 is 5.32 Å². The van der Waals surface area contributed by atoms with E-state index in [1.807, 2.05) is 26.4 Å². The second-order valence-corrected chi connectivity index (χ2v) is 4.34. The lowest BCUT2D eigenvalue weighted by Gasteiger charge is -2.11. The van der Waals surface area contributed by atoms with Gasteiger partial charge in [-0.25, -0.2) is 4.98 Å². The third-order valence-electron chi connectivity index (χ3n) is 3.15. The summed E-state index contributed by atoms with van der Waals surface area (Å²) in [4.78, 5) is 4.40. The fourth-order valence-corrected chi connectivity index (χ4v) is 2.00. The van der Waals surface area contributed by atoms with Gasteiger partial charge in [0.25, 0.3) is 0 Å². The van der Waals surface area contributed by atoms with E-state index in [-0.39, 0.29) is 0 Å². The molecule has 0 aliphatic carbocycles. The van der Waals surface area contributed by atoms with Crippen molar-refractivity contribution in [2.75, 3.05) is 12.4 Å². The molecular weight excluding hydrogens is 226 g/mol. The van der Waals surface area contributed by atoms with E-state index in [9.17, 15) is 0 Å². The van der Waals surface area contributed by atoms with Crippen molar-refractivity contribution in [3.63, 3.8) is 0 Å². The fourth-order valence-electron chi connectivity index (χ4n) is 2.00. The van der Waals surface area contributed by atoms with E-state index < -0.39 is 0 Å². The minimum Gasteiger partial charge on any atom is -0.371 e. The van der Waals surface area contributed by atoms with Gasteiger partial charge in [-0.2, -0.15) is 0 Å². The maximum atomic E-state index is 4.40. The molecule has 2 rings (SSSR count). The molecule has 0 unspecified atom stereocenters. The first-order valence-corrected chi connectivity index (χ1v) is 6.22. The molecule has 0 radical (unpaired) electrons. The van der Waals surface area contributed by atoms with Crippen molar-refractivity contribution in [2.24, 2.45) is 0 Å². The van der Waals surface area contributed by atoms with Gasteiger partial charge in [0.2, 0.25) is 0 Å². The maximum Gasteiger partial charge on any atom is 0.160 e. The Kier molecular flexibility index (Phi) is 3.60. The van der Waals surface area contributed by atoms with Crippen LogP contribution in [0, 0.1) is 13.8 Å². The summed E-state index contributed by atoms with van der Waals surface area (Å²) in [7, 11) is 1.86. The average Bonchev–Trinajstić information content (AvgIpc) is 2.81. The minimum atomic E-state index is 0.824. The van der Waals surface area contributed by atoms with Crippen molar-refractivity contribution in [3.05, 3.63) is 23.5 Å². The normalized spacial score (nSPS) is 10.7. The SMILES string of the molecule is CCCn1ccnc1-c1nnc(NC)c(C)c1C. The third-order valence-corrected chi connectivity index (χ3v) is 3.15. The maximum absolute atomic E-state index is 4.40. The van der Waals surface area contributed by atoms with Crippen LogP contribution in [0.2, 0.25) is 0 Å². The molecule has 2 aromatic rings. The summed E-state index contributed by atoms with van der Waals surface area (Å²) >= 11 is 0. The van der Waals surface area contributed by atoms with E-state index in [2.05, 4.69) is 38.9 Å². The number of rotatable bonds is 4. The molecule has 0 aliphatic heterocycles. The lowest BCUT2D eigenvalue weighted by atomic mass is 10.1. The van der Waals surface area contributed by atoms with Gasteiger partial charge in [0, 0.05) is 26.0 Å². The van der Waals surface area contributed by atoms with Gasteiger partial charge in [-0.05, 0) is 31.4 Å². The van der Waals surface area contributed by atoms with Crippen LogP contribution in [0.15, 0.2) is 12.4 Å². The Morgan fingerprint density at radius 2 is 2.00 bits per heavy atom. The van der Waals surface area contributed by atoms with Gasteiger partial charge < -0.3 is 9.88 Å². The van der Waals surface area contributed by atoms with Gasteiger partial charge in [0.1, 0.15) is 5.69 Å². The van der Waals surface area contributed by atoms with E-state index in [0.29, 0.717) is 0 Å². The van der Waals surface area contributed by atoms with E-state index in [4.69, 9.17) is 0 Å². The molecule has 0 saturated carbocycles. The monoisotopic (exact) mass is 245 g/mol. The Bertz CT molecular complexity index is 544. The van der Waals surface area contributed by atoms with E-state index in [1.54, 1.807) is 0 Å². The summed E-state index contributed by atoms with van der Waals surface area (Å²) in [6.07, 6.45) is 4.87. The highest BCUT2D eigenvalue weighted by molar-refractivity contribution is 5.61. The van der Waals surface area contributed by atoms with Gasteiger partial charge >= 0.3 is 0 Å². The van der Waals surface area contributed by atoms with Crippen molar-refractivity contribution in [1.29, 1.82) is 0 Å². The number of hydrogen-bond acceptors (Lipinski definition) is 4. The van der Waals surface area contributed by atoms with Crippen molar-refractivity contribution in [2.45, 2.75) is 33.7 Å². The predicted molar refractivity (Wildman–Crippen MR) is 72.6 cm³/mol. The first kappa shape index (κ1) is 12.5. The zero-order valence-electron chi connectivity index (χ0n) is 11.4. The predicted octanol–water partition coefficient (Wildman–Crippen LogP) is 2.41. The quantitative estimate of drug-likeness (QED) is 0.898. The molecule has 1 N–H and O–H groups in total. The Morgan fingerprint density at radius 3 is 2.67 bits per heavy atom. The van der Waals surface area contributed by atoms with Gasteiger partial charge in [-0.15, -0.1) is 10.2 Å². The van der Waals surface area contributed by atoms with Crippen LogP contribution in [0.1, 0.15) is 24.5 Å². The van der Waals surface area contributed by atoms with Crippen LogP contribution in [0.5, 0.6) is 0 Å². The molecule has 2 aromatic heterocycles. The van der Waals surface area contributed by atoms with Gasteiger partial charge in [0.15, 0.2) is 11.6 Å². The molecule has 5 heteroatoms. The highest BCUT2D eigenvalue weighted by Gasteiger charge is 2.14. The molecule has 0 spiro atoms. The number of nitrogens with zero attached hydrogens (tertiary/aromatic N) is 4. The smallest absolute Gasteiger partial charge is 0.160 e. The van der Waals surface area contributed by atoms with Crippen LogP contribution in [0.3, 0.4) is 0 Å².